The van der Waals surface area contributed by atoms with E-state index >= 15 is 0 Å². The summed E-state index contributed by atoms with van der Waals surface area (Å²) in [7, 11) is -3.78. The lowest BCUT2D eigenvalue weighted by Gasteiger charge is -2.35. The molecule has 0 bridgehead atoms. The third kappa shape index (κ3) is 4.89. The molecule has 2 aliphatic rings. The van der Waals surface area contributed by atoms with E-state index in [0.717, 1.165) is 38.5 Å². The van der Waals surface area contributed by atoms with E-state index < -0.39 is 16.1 Å². The van der Waals surface area contributed by atoms with Crippen molar-refractivity contribution in [2.45, 2.75) is 88.1 Å². The van der Waals surface area contributed by atoms with Crippen LogP contribution >= 0.6 is 11.6 Å². The van der Waals surface area contributed by atoms with E-state index in [0.29, 0.717) is 23.6 Å². The van der Waals surface area contributed by atoms with Crippen molar-refractivity contribution in [3.05, 3.63) is 28.8 Å². The number of carbonyl (C=O) groups is 1. The Bertz CT molecular complexity index is 789. The van der Waals surface area contributed by atoms with E-state index in [1.54, 1.807) is 25.1 Å². The Labute approximate surface area is 173 Å². The third-order valence-electron chi connectivity index (χ3n) is 6.01. The predicted octanol–water partition coefficient (Wildman–Crippen LogP) is 4.42. The number of nitrogens with one attached hydrogen (secondary N) is 1. The highest BCUT2D eigenvalue weighted by atomic mass is 35.5. The minimum absolute atomic E-state index is 0.145. The van der Waals surface area contributed by atoms with E-state index in [1.807, 2.05) is 0 Å². The number of rotatable bonds is 4. The normalized spacial score (nSPS) is 23.0. The molecule has 0 unspecified atom stereocenters. The maximum atomic E-state index is 13.4. The molecule has 1 heterocycles. The van der Waals surface area contributed by atoms with Gasteiger partial charge in [0.2, 0.25) is 15.9 Å². The molecule has 7 heteroatoms. The SMILES string of the molecule is Cc1c(Cl)cccc1S(=O)(=O)N1CCCC[C@@H]1C(=O)NC1CCCCCCC1. The highest BCUT2D eigenvalue weighted by Gasteiger charge is 2.38. The van der Waals surface area contributed by atoms with Gasteiger partial charge in [0, 0.05) is 17.6 Å². The first-order chi connectivity index (χ1) is 13.4. The summed E-state index contributed by atoms with van der Waals surface area (Å²) in [6.07, 6.45) is 10.1. The lowest BCUT2D eigenvalue weighted by molar-refractivity contribution is -0.126. The first-order valence-corrected chi connectivity index (χ1v) is 12.3. The van der Waals surface area contributed by atoms with Gasteiger partial charge >= 0.3 is 0 Å². The monoisotopic (exact) mass is 426 g/mol. The second-order valence-corrected chi connectivity index (χ2v) is 10.3. The van der Waals surface area contributed by atoms with Crippen molar-refractivity contribution in [3.8, 4) is 0 Å². The van der Waals surface area contributed by atoms with Gasteiger partial charge in [0.25, 0.3) is 0 Å². The third-order valence-corrected chi connectivity index (χ3v) is 8.47. The summed E-state index contributed by atoms with van der Waals surface area (Å²) in [6, 6.07) is 4.44. The highest BCUT2D eigenvalue weighted by molar-refractivity contribution is 7.89. The van der Waals surface area contributed by atoms with Gasteiger partial charge < -0.3 is 5.32 Å². The van der Waals surface area contributed by atoms with Crippen molar-refractivity contribution >= 4 is 27.5 Å². The molecule has 1 aliphatic carbocycles. The second-order valence-electron chi connectivity index (χ2n) is 8.04. The number of hydrogen-bond donors (Lipinski definition) is 1. The van der Waals surface area contributed by atoms with Crippen molar-refractivity contribution in [3.63, 3.8) is 0 Å². The first kappa shape index (κ1) is 21.6. The lowest BCUT2D eigenvalue weighted by atomic mass is 9.96. The van der Waals surface area contributed by atoms with Crippen LogP contribution in [0.4, 0.5) is 0 Å². The predicted molar refractivity (Wildman–Crippen MR) is 112 cm³/mol. The number of halogens is 1. The number of nitrogens with zero attached hydrogens (tertiary/aromatic N) is 1. The summed E-state index contributed by atoms with van der Waals surface area (Å²) in [6.45, 7) is 2.08. The fraction of sp³-hybridized carbons (Fsp3) is 0.667. The molecule has 1 N–H and O–H groups in total. The standard InChI is InChI=1S/C21H31ClN2O3S/c1-16-18(22)12-9-14-20(16)28(26,27)24-15-8-7-13-19(24)21(25)23-17-10-5-3-2-4-6-11-17/h9,12,14,17,19H,2-8,10-11,13,15H2,1H3,(H,23,25)/t19-/m1/s1. The molecule has 2 fully saturated rings. The van der Waals surface area contributed by atoms with Gasteiger partial charge in [-0.15, -0.1) is 0 Å². The fourth-order valence-corrected chi connectivity index (χ4v) is 6.48. The average molecular weight is 427 g/mol. The number of sulfonamides is 1. The highest BCUT2D eigenvalue weighted by Crippen LogP contribution is 2.30. The van der Waals surface area contributed by atoms with Crippen molar-refractivity contribution in [1.82, 2.24) is 9.62 Å². The van der Waals surface area contributed by atoms with Gasteiger partial charge in [0.1, 0.15) is 6.04 Å². The largest absolute Gasteiger partial charge is 0.352 e. The van der Waals surface area contributed by atoms with Gasteiger partial charge in [-0.1, -0.05) is 56.2 Å². The lowest BCUT2D eigenvalue weighted by Crippen LogP contribution is -2.53. The fourth-order valence-electron chi connectivity index (χ4n) is 4.35. The van der Waals surface area contributed by atoms with Gasteiger partial charge in [-0.3, -0.25) is 4.79 Å². The molecule has 1 atom stereocenters. The molecule has 1 aromatic rings. The van der Waals surface area contributed by atoms with E-state index in [4.69, 9.17) is 11.6 Å². The van der Waals surface area contributed by atoms with Crippen LogP contribution in [0.2, 0.25) is 5.02 Å². The summed E-state index contributed by atoms with van der Waals surface area (Å²) in [4.78, 5) is 13.3. The molecule has 1 amide bonds. The van der Waals surface area contributed by atoms with Crippen LogP contribution in [0.5, 0.6) is 0 Å². The Morgan fingerprint density at radius 3 is 2.39 bits per heavy atom. The van der Waals surface area contributed by atoms with Crippen molar-refractivity contribution in [1.29, 1.82) is 0 Å². The zero-order chi connectivity index (χ0) is 20.1. The molecule has 5 nitrogen and oxygen atoms in total. The Kier molecular flexibility index (Phi) is 7.40. The summed E-state index contributed by atoms with van der Waals surface area (Å²) in [5.41, 5.74) is 0.536. The Morgan fingerprint density at radius 2 is 1.68 bits per heavy atom. The topological polar surface area (TPSA) is 66.5 Å². The smallest absolute Gasteiger partial charge is 0.244 e. The van der Waals surface area contributed by atoms with Crippen LogP contribution in [0.3, 0.4) is 0 Å². The van der Waals surface area contributed by atoms with Crippen LogP contribution in [-0.4, -0.2) is 37.3 Å². The van der Waals surface area contributed by atoms with Crippen molar-refractivity contribution in [2.24, 2.45) is 0 Å². The molecule has 28 heavy (non-hydrogen) atoms. The number of benzene rings is 1. The molecule has 0 spiro atoms. The molecule has 1 saturated carbocycles. The van der Waals surface area contributed by atoms with Gasteiger partial charge in [-0.2, -0.15) is 4.31 Å². The quantitative estimate of drug-likeness (QED) is 0.774. The molecular weight excluding hydrogens is 396 g/mol. The van der Waals surface area contributed by atoms with Gasteiger partial charge in [0.05, 0.1) is 4.90 Å². The number of carbonyl (C=O) groups excluding carboxylic acids is 1. The number of hydrogen-bond acceptors (Lipinski definition) is 3. The molecule has 0 radical (unpaired) electrons. The van der Waals surface area contributed by atoms with E-state index in [2.05, 4.69) is 5.32 Å². The van der Waals surface area contributed by atoms with Gasteiger partial charge in [-0.05, 0) is 50.3 Å². The van der Waals surface area contributed by atoms with Crippen LogP contribution < -0.4 is 5.32 Å². The molecule has 3 rings (SSSR count). The van der Waals surface area contributed by atoms with E-state index in [1.165, 1.54) is 23.6 Å². The minimum Gasteiger partial charge on any atom is -0.352 e. The summed E-state index contributed by atoms with van der Waals surface area (Å²) in [5.74, 6) is -0.145. The molecule has 0 aromatic heterocycles. The van der Waals surface area contributed by atoms with Crippen LogP contribution in [0.15, 0.2) is 23.1 Å². The molecule has 1 saturated heterocycles. The summed E-state index contributed by atoms with van der Waals surface area (Å²) in [5, 5.41) is 3.59. The number of amides is 1. The van der Waals surface area contributed by atoms with Crippen molar-refractivity contribution < 1.29 is 13.2 Å². The van der Waals surface area contributed by atoms with Crippen LogP contribution in [-0.2, 0) is 14.8 Å². The summed E-state index contributed by atoms with van der Waals surface area (Å²) >= 11 is 6.15. The number of piperidine rings is 1. The van der Waals surface area contributed by atoms with Gasteiger partial charge in [-0.25, -0.2) is 8.42 Å². The zero-order valence-electron chi connectivity index (χ0n) is 16.6. The average Bonchev–Trinajstić information content (AvgIpc) is 2.65. The van der Waals surface area contributed by atoms with E-state index in [9.17, 15) is 13.2 Å². The summed E-state index contributed by atoms with van der Waals surface area (Å²) < 4.78 is 28.1. The second kappa shape index (κ2) is 9.59. The minimum atomic E-state index is -3.78. The zero-order valence-corrected chi connectivity index (χ0v) is 18.2. The molecule has 1 aliphatic heterocycles. The van der Waals surface area contributed by atoms with Crippen molar-refractivity contribution in [2.75, 3.05) is 6.54 Å². The maximum Gasteiger partial charge on any atom is 0.244 e. The van der Waals surface area contributed by atoms with Crippen LogP contribution in [0, 0.1) is 6.92 Å². The Morgan fingerprint density at radius 1 is 1.04 bits per heavy atom. The molecular formula is C21H31ClN2O3S. The van der Waals surface area contributed by atoms with Crippen LogP contribution in [0.1, 0.15) is 69.8 Å². The van der Waals surface area contributed by atoms with E-state index in [-0.39, 0.29) is 16.8 Å². The molecule has 1 aromatic carbocycles. The maximum absolute atomic E-state index is 13.4. The first-order valence-electron chi connectivity index (χ1n) is 10.5. The van der Waals surface area contributed by atoms with Gasteiger partial charge in [0.15, 0.2) is 0 Å². The Balaban J connectivity index is 1.79. The Hall–Kier alpha value is -1.11. The molecule has 156 valence electrons. The van der Waals surface area contributed by atoms with Crippen LogP contribution in [0.25, 0.3) is 0 Å².